The zero-order chi connectivity index (χ0) is 20.3. The Hall–Kier alpha value is -1.96. The summed E-state index contributed by atoms with van der Waals surface area (Å²) in [6, 6.07) is 6.21. The van der Waals surface area contributed by atoms with Gasteiger partial charge in [0.2, 0.25) is 6.79 Å². The van der Waals surface area contributed by atoms with Gasteiger partial charge in [0, 0.05) is 18.0 Å². The third kappa shape index (κ3) is 4.63. The second kappa shape index (κ2) is 8.42. The lowest BCUT2D eigenvalue weighted by atomic mass is 9.69. The molecule has 0 bridgehead atoms. The predicted octanol–water partition coefficient (Wildman–Crippen LogP) is 2.36. The van der Waals surface area contributed by atoms with Crippen LogP contribution >= 0.6 is 0 Å². The summed E-state index contributed by atoms with van der Waals surface area (Å²) in [6.07, 6.45) is 6.46. The van der Waals surface area contributed by atoms with Crippen LogP contribution in [0.5, 0.6) is 11.5 Å². The van der Waals surface area contributed by atoms with E-state index in [9.17, 15) is 8.42 Å². The van der Waals surface area contributed by atoms with E-state index in [2.05, 4.69) is 22.8 Å². The quantitative estimate of drug-likeness (QED) is 0.560. The van der Waals surface area contributed by atoms with E-state index >= 15 is 0 Å². The average molecular weight is 422 g/mol. The number of hydrogen-bond donors (Lipinski definition) is 2. The topological polar surface area (TPSA) is 89.0 Å². The molecule has 0 spiro atoms. The number of aliphatic imine (C=N–C) groups is 1. The molecule has 2 N–H and O–H groups in total. The molecule has 1 aliphatic carbocycles. The molecule has 1 aromatic rings. The van der Waals surface area contributed by atoms with E-state index in [1.54, 1.807) is 0 Å². The lowest BCUT2D eigenvalue weighted by Crippen LogP contribution is -2.45. The number of rotatable bonds is 5. The molecular weight excluding hydrogens is 390 g/mol. The highest BCUT2D eigenvalue weighted by molar-refractivity contribution is 7.91. The maximum atomic E-state index is 11.8. The molecule has 3 aliphatic rings. The molecule has 29 heavy (non-hydrogen) atoms. The molecule has 1 saturated carbocycles. The minimum Gasteiger partial charge on any atom is -0.454 e. The summed E-state index contributed by atoms with van der Waals surface area (Å²) in [5.41, 5.74) is 1.23. The second-order valence-electron chi connectivity index (χ2n) is 8.35. The van der Waals surface area contributed by atoms with Gasteiger partial charge in [0.15, 0.2) is 27.3 Å². The molecule has 2 aliphatic heterocycles. The summed E-state index contributed by atoms with van der Waals surface area (Å²) < 4.78 is 34.7. The van der Waals surface area contributed by atoms with Crippen LogP contribution in [-0.4, -0.2) is 51.8 Å². The Morgan fingerprint density at radius 2 is 2.00 bits per heavy atom. The van der Waals surface area contributed by atoms with E-state index in [0.717, 1.165) is 30.9 Å². The number of hydrogen-bond acceptors (Lipinski definition) is 5. The highest BCUT2D eigenvalue weighted by atomic mass is 32.2. The molecule has 2 fully saturated rings. The molecule has 4 rings (SSSR count). The third-order valence-electron chi connectivity index (χ3n) is 6.25. The van der Waals surface area contributed by atoms with Gasteiger partial charge in [-0.25, -0.2) is 8.42 Å². The van der Waals surface area contributed by atoms with Crippen LogP contribution in [-0.2, 0) is 15.3 Å². The maximum Gasteiger partial charge on any atom is 0.231 e. The molecule has 1 atom stereocenters. The van der Waals surface area contributed by atoms with Gasteiger partial charge in [-0.2, -0.15) is 0 Å². The summed E-state index contributed by atoms with van der Waals surface area (Å²) in [5.74, 6) is 2.77. The molecule has 2 heterocycles. The van der Waals surface area contributed by atoms with Gasteiger partial charge in [-0.3, -0.25) is 4.99 Å². The molecule has 0 radical (unpaired) electrons. The normalized spacial score (nSPS) is 25.0. The van der Waals surface area contributed by atoms with Crippen molar-refractivity contribution in [2.24, 2.45) is 4.99 Å². The summed E-state index contributed by atoms with van der Waals surface area (Å²) in [4.78, 5) is 4.92. The fourth-order valence-corrected chi connectivity index (χ4v) is 6.32. The van der Waals surface area contributed by atoms with Crippen LogP contribution in [0.25, 0.3) is 0 Å². The summed E-state index contributed by atoms with van der Waals surface area (Å²) in [6.45, 7) is 3.71. The first kappa shape index (κ1) is 20.3. The second-order valence-corrected chi connectivity index (χ2v) is 10.6. The molecule has 160 valence electrons. The third-order valence-corrected chi connectivity index (χ3v) is 8.02. The van der Waals surface area contributed by atoms with Gasteiger partial charge in [0.25, 0.3) is 0 Å². The van der Waals surface area contributed by atoms with Crippen LogP contribution in [0.15, 0.2) is 23.2 Å². The SMILES string of the molecule is CCNC(=NCC1(c2ccc3c(c2)OCO3)CCCCC1)NC1CCS(=O)(=O)C1. The van der Waals surface area contributed by atoms with Gasteiger partial charge >= 0.3 is 0 Å². The van der Waals surface area contributed by atoms with Crippen LogP contribution in [0.4, 0.5) is 0 Å². The molecule has 1 unspecified atom stereocenters. The molecule has 8 heteroatoms. The Kier molecular flexibility index (Phi) is 5.90. The van der Waals surface area contributed by atoms with Crippen LogP contribution in [0.3, 0.4) is 0 Å². The van der Waals surface area contributed by atoms with Crippen molar-refractivity contribution in [3.8, 4) is 11.5 Å². The lowest BCUT2D eigenvalue weighted by molar-refractivity contribution is 0.174. The van der Waals surface area contributed by atoms with Crippen LogP contribution in [0, 0.1) is 0 Å². The summed E-state index contributed by atoms with van der Waals surface area (Å²) >= 11 is 0. The number of guanidine groups is 1. The van der Waals surface area contributed by atoms with Crippen molar-refractivity contribution in [3.05, 3.63) is 23.8 Å². The molecule has 1 saturated heterocycles. The van der Waals surface area contributed by atoms with Gasteiger partial charge < -0.3 is 20.1 Å². The number of nitrogens with one attached hydrogen (secondary N) is 2. The standard InChI is InChI=1S/C21H31N3O4S/c1-2-22-20(24-17-8-11-29(25,26)13-17)23-14-21(9-4-3-5-10-21)16-6-7-18-19(12-16)28-15-27-18/h6-7,12,17H,2-5,8-11,13-15H2,1H3,(H2,22,23,24). The monoisotopic (exact) mass is 421 g/mol. The van der Waals surface area contributed by atoms with Crippen LogP contribution in [0.1, 0.15) is 51.0 Å². The Labute approximate surface area is 173 Å². The van der Waals surface area contributed by atoms with Crippen molar-refractivity contribution in [1.82, 2.24) is 10.6 Å². The van der Waals surface area contributed by atoms with Crippen LogP contribution < -0.4 is 20.1 Å². The van der Waals surface area contributed by atoms with Crippen molar-refractivity contribution >= 4 is 15.8 Å². The van der Waals surface area contributed by atoms with E-state index in [-0.39, 0.29) is 29.8 Å². The Morgan fingerprint density at radius 1 is 1.21 bits per heavy atom. The van der Waals surface area contributed by atoms with Gasteiger partial charge in [0.05, 0.1) is 18.1 Å². The van der Waals surface area contributed by atoms with E-state index in [1.165, 1.54) is 24.8 Å². The zero-order valence-electron chi connectivity index (χ0n) is 17.1. The fraction of sp³-hybridized carbons (Fsp3) is 0.667. The smallest absolute Gasteiger partial charge is 0.231 e. The minimum absolute atomic E-state index is 0.0245. The molecule has 0 aromatic heterocycles. The molecule has 7 nitrogen and oxygen atoms in total. The number of ether oxygens (including phenoxy) is 2. The van der Waals surface area contributed by atoms with E-state index in [1.807, 2.05) is 13.0 Å². The zero-order valence-corrected chi connectivity index (χ0v) is 17.9. The summed E-state index contributed by atoms with van der Waals surface area (Å²) in [7, 11) is -2.92. The average Bonchev–Trinajstić information content (AvgIpc) is 3.32. The van der Waals surface area contributed by atoms with E-state index < -0.39 is 9.84 Å². The molecular formula is C21H31N3O4S. The van der Waals surface area contributed by atoms with Crippen molar-refractivity contribution in [3.63, 3.8) is 0 Å². The first-order valence-electron chi connectivity index (χ1n) is 10.7. The minimum atomic E-state index is -2.92. The Balaban J connectivity index is 1.54. The summed E-state index contributed by atoms with van der Waals surface area (Å²) in [5, 5.41) is 6.62. The largest absolute Gasteiger partial charge is 0.454 e. The van der Waals surface area contributed by atoms with Gasteiger partial charge in [-0.15, -0.1) is 0 Å². The molecule has 1 aromatic carbocycles. The number of nitrogens with zero attached hydrogens (tertiary/aromatic N) is 1. The predicted molar refractivity (Wildman–Crippen MR) is 114 cm³/mol. The van der Waals surface area contributed by atoms with Crippen molar-refractivity contribution < 1.29 is 17.9 Å². The van der Waals surface area contributed by atoms with Gasteiger partial charge in [0.1, 0.15) is 0 Å². The fourth-order valence-electron chi connectivity index (χ4n) is 4.65. The first-order chi connectivity index (χ1) is 14.0. The van der Waals surface area contributed by atoms with Crippen LogP contribution in [0.2, 0.25) is 0 Å². The Bertz CT molecular complexity index is 863. The van der Waals surface area contributed by atoms with Gasteiger partial charge in [-0.1, -0.05) is 25.3 Å². The first-order valence-corrected chi connectivity index (χ1v) is 12.5. The van der Waals surface area contributed by atoms with E-state index in [4.69, 9.17) is 14.5 Å². The van der Waals surface area contributed by atoms with Crippen molar-refractivity contribution in [2.45, 2.75) is 56.9 Å². The number of benzene rings is 1. The van der Waals surface area contributed by atoms with E-state index in [0.29, 0.717) is 18.9 Å². The van der Waals surface area contributed by atoms with Gasteiger partial charge in [-0.05, 0) is 43.9 Å². The lowest BCUT2D eigenvalue weighted by Gasteiger charge is -2.37. The highest BCUT2D eigenvalue weighted by Crippen LogP contribution is 2.43. The maximum absolute atomic E-state index is 11.8. The Morgan fingerprint density at radius 3 is 2.72 bits per heavy atom. The highest BCUT2D eigenvalue weighted by Gasteiger charge is 2.35. The molecule has 0 amide bonds. The number of sulfone groups is 1. The van der Waals surface area contributed by atoms with Crippen molar-refractivity contribution in [1.29, 1.82) is 0 Å². The van der Waals surface area contributed by atoms with Crippen molar-refractivity contribution in [2.75, 3.05) is 31.4 Å². The number of fused-ring (bicyclic) bond motifs is 1.